The zero-order chi connectivity index (χ0) is 29.2. The summed E-state index contributed by atoms with van der Waals surface area (Å²) in [6.45, 7) is 1.61. The molecular formula is C32H26N4O6. The highest BCUT2D eigenvalue weighted by molar-refractivity contribution is 6.52. The van der Waals surface area contributed by atoms with Crippen LogP contribution in [0.25, 0.3) is 0 Å². The Balaban J connectivity index is 1.37. The number of ether oxygens (including phenoxy) is 2. The Bertz CT molecular complexity index is 1690. The number of nitrogens with one attached hydrogen (secondary N) is 1. The third-order valence-electron chi connectivity index (χ3n) is 7.16. The Hall–Kier alpha value is -5.51. The summed E-state index contributed by atoms with van der Waals surface area (Å²) >= 11 is 0. The molecule has 4 aromatic rings. The molecule has 0 saturated heterocycles. The zero-order valence-corrected chi connectivity index (χ0v) is 22.7. The fourth-order valence-corrected chi connectivity index (χ4v) is 5.05. The van der Waals surface area contributed by atoms with Crippen molar-refractivity contribution in [2.75, 3.05) is 23.6 Å². The van der Waals surface area contributed by atoms with Gasteiger partial charge in [0.1, 0.15) is 12.6 Å². The predicted octanol–water partition coefficient (Wildman–Crippen LogP) is 4.06. The third kappa shape index (κ3) is 5.17. The van der Waals surface area contributed by atoms with E-state index < -0.39 is 36.1 Å². The number of para-hydroxylation sites is 1. The average molecular weight is 563 g/mol. The first-order chi connectivity index (χ1) is 20.4. The molecule has 1 N–H and O–H groups in total. The number of Topliss-reactive ketones (excluding diaryl/α,β-unsaturated/α-hetero) is 1. The molecule has 3 heterocycles. The number of pyridine rings is 1. The molecule has 0 bridgehead atoms. The van der Waals surface area contributed by atoms with E-state index in [1.165, 1.54) is 4.90 Å². The van der Waals surface area contributed by atoms with E-state index in [0.29, 0.717) is 34.0 Å². The maximum atomic E-state index is 14.1. The second-order valence-electron chi connectivity index (χ2n) is 9.99. The minimum absolute atomic E-state index is 0.0252. The quantitative estimate of drug-likeness (QED) is 0.322. The van der Waals surface area contributed by atoms with Crippen molar-refractivity contribution in [2.45, 2.75) is 19.5 Å². The number of amides is 3. The average Bonchev–Trinajstić information content (AvgIpc) is 3.56. The van der Waals surface area contributed by atoms with Gasteiger partial charge in [0, 0.05) is 30.7 Å². The normalized spacial score (nSPS) is 14.0. The maximum absolute atomic E-state index is 14.1. The fraction of sp³-hybridized carbons (Fsp3) is 0.156. The SMILES string of the molecule is Cc1ccc([C@@H](C(=O)Nc2ccc3c(c2)OCO3)N(Cc2cccnc2)C(=O)CN2C(=O)C(=O)c3ccccc32)cc1. The first kappa shape index (κ1) is 26.7. The molecular weight excluding hydrogens is 536 g/mol. The highest BCUT2D eigenvalue weighted by Crippen LogP contribution is 2.35. The lowest BCUT2D eigenvalue weighted by Gasteiger charge is -2.33. The lowest BCUT2D eigenvalue weighted by Crippen LogP contribution is -2.46. The van der Waals surface area contributed by atoms with E-state index in [4.69, 9.17) is 9.47 Å². The number of fused-ring (bicyclic) bond motifs is 2. The molecule has 0 fully saturated rings. The number of ketones is 1. The Morgan fingerprint density at radius 3 is 2.55 bits per heavy atom. The molecule has 0 saturated carbocycles. The monoisotopic (exact) mass is 562 g/mol. The molecule has 1 aromatic heterocycles. The molecule has 2 aliphatic heterocycles. The lowest BCUT2D eigenvalue weighted by molar-refractivity contribution is -0.139. The number of aryl methyl sites for hydroxylation is 1. The first-order valence-corrected chi connectivity index (χ1v) is 13.3. The number of rotatable bonds is 8. The van der Waals surface area contributed by atoms with Gasteiger partial charge in [0.15, 0.2) is 11.5 Å². The highest BCUT2D eigenvalue weighted by atomic mass is 16.7. The minimum Gasteiger partial charge on any atom is -0.454 e. The van der Waals surface area contributed by atoms with Crippen LogP contribution in [0.2, 0.25) is 0 Å². The van der Waals surface area contributed by atoms with Gasteiger partial charge in [-0.15, -0.1) is 0 Å². The second-order valence-corrected chi connectivity index (χ2v) is 9.99. The Morgan fingerprint density at radius 2 is 1.76 bits per heavy atom. The van der Waals surface area contributed by atoms with Gasteiger partial charge in [-0.2, -0.15) is 0 Å². The summed E-state index contributed by atoms with van der Waals surface area (Å²) in [6.07, 6.45) is 3.23. The molecule has 10 heteroatoms. The number of nitrogens with zero attached hydrogens (tertiary/aromatic N) is 3. The standard InChI is InChI=1S/C32H26N4O6/c1-20-8-10-22(11-9-20)29(31(39)34-23-12-13-26-27(15-23)42-19-41-26)36(17-21-5-4-14-33-16-21)28(37)18-35-25-7-3-2-6-24(25)30(38)32(35)40/h2-16,29H,17-19H2,1H3,(H,34,39)/t29-/m0/s1. The summed E-state index contributed by atoms with van der Waals surface area (Å²) in [6, 6.07) is 21.4. The van der Waals surface area contributed by atoms with Gasteiger partial charge in [0.05, 0.1) is 11.3 Å². The van der Waals surface area contributed by atoms with Crippen molar-refractivity contribution in [3.8, 4) is 11.5 Å². The number of hydrogen-bond acceptors (Lipinski definition) is 7. The van der Waals surface area contributed by atoms with Crippen molar-refractivity contribution in [1.82, 2.24) is 9.88 Å². The number of benzene rings is 3. The largest absolute Gasteiger partial charge is 0.454 e. The molecule has 1 atom stereocenters. The Kier molecular flexibility index (Phi) is 7.10. The Labute approximate surface area is 241 Å². The van der Waals surface area contributed by atoms with Crippen molar-refractivity contribution in [3.05, 3.63) is 114 Å². The van der Waals surface area contributed by atoms with Crippen molar-refractivity contribution in [1.29, 1.82) is 0 Å². The summed E-state index contributed by atoms with van der Waals surface area (Å²) in [5.41, 5.74) is 3.30. The van der Waals surface area contributed by atoms with Gasteiger partial charge in [-0.3, -0.25) is 29.1 Å². The maximum Gasteiger partial charge on any atom is 0.299 e. The van der Waals surface area contributed by atoms with E-state index in [1.54, 1.807) is 79.1 Å². The summed E-state index contributed by atoms with van der Waals surface area (Å²) in [7, 11) is 0. The molecule has 210 valence electrons. The van der Waals surface area contributed by atoms with Crippen LogP contribution in [0.15, 0.2) is 91.3 Å². The van der Waals surface area contributed by atoms with Crippen LogP contribution in [0.3, 0.4) is 0 Å². The minimum atomic E-state index is -1.09. The molecule has 0 aliphatic carbocycles. The molecule has 6 rings (SSSR count). The van der Waals surface area contributed by atoms with Crippen LogP contribution in [0, 0.1) is 6.92 Å². The van der Waals surface area contributed by atoms with E-state index in [9.17, 15) is 19.2 Å². The van der Waals surface area contributed by atoms with E-state index in [2.05, 4.69) is 10.3 Å². The van der Waals surface area contributed by atoms with Gasteiger partial charge in [0.2, 0.25) is 12.7 Å². The number of anilines is 2. The van der Waals surface area contributed by atoms with Gasteiger partial charge in [-0.05, 0) is 48.4 Å². The summed E-state index contributed by atoms with van der Waals surface area (Å²) < 4.78 is 10.8. The van der Waals surface area contributed by atoms with Gasteiger partial charge in [0.25, 0.3) is 17.6 Å². The topological polar surface area (TPSA) is 118 Å². The highest BCUT2D eigenvalue weighted by Gasteiger charge is 2.39. The predicted molar refractivity (Wildman–Crippen MR) is 153 cm³/mol. The molecule has 0 unspecified atom stereocenters. The summed E-state index contributed by atoms with van der Waals surface area (Å²) in [4.78, 5) is 60.5. The van der Waals surface area contributed by atoms with Crippen LogP contribution in [-0.4, -0.2) is 46.7 Å². The van der Waals surface area contributed by atoms with E-state index >= 15 is 0 Å². The van der Waals surface area contributed by atoms with E-state index in [1.807, 2.05) is 19.1 Å². The van der Waals surface area contributed by atoms with Crippen molar-refractivity contribution in [2.24, 2.45) is 0 Å². The second kappa shape index (κ2) is 11.2. The third-order valence-corrected chi connectivity index (χ3v) is 7.16. The Morgan fingerprint density at radius 1 is 0.976 bits per heavy atom. The molecule has 10 nitrogen and oxygen atoms in total. The molecule has 3 aromatic carbocycles. The van der Waals surface area contributed by atoms with Crippen molar-refractivity contribution < 1.29 is 28.7 Å². The van der Waals surface area contributed by atoms with Gasteiger partial charge in [-0.25, -0.2) is 0 Å². The molecule has 3 amide bonds. The number of aromatic nitrogens is 1. The van der Waals surface area contributed by atoms with Crippen molar-refractivity contribution in [3.63, 3.8) is 0 Å². The van der Waals surface area contributed by atoms with Crippen LogP contribution in [0.1, 0.15) is 33.1 Å². The van der Waals surface area contributed by atoms with E-state index in [0.717, 1.165) is 10.5 Å². The first-order valence-electron chi connectivity index (χ1n) is 13.3. The van der Waals surface area contributed by atoms with Crippen LogP contribution < -0.4 is 19.7 Å². The van der Waals surface area contributed by atoms with Crippen molar-refractivity contribution >= 4 is 34.9 Å². The smallest absolute Gasteiger partial charge is 0.299 e. The lowest BCUT2D eigenvalue weighted by atomic mass is 10.0. The molecule has 2 aliphatic rings. The zero-order valence-electron chi connectivity index (χ0n) is 22.7. The molecule has 0 spiro atoms. The van der Waals surface area contributed by atoms with Crippen LogP contribution >= 0.6 is 0 Å². The fourth-order valence-electron chi connectivity index (χ4n) is 5.05. The number of carbonyl (C=O) groups excluding carboxylic acids is 4. The van der Waals surface area contributed by atoms with Crippen LogP contribution in [0.4, 0.5) is 11.4 Å². The summed E-state index contributed by atoms with van der Waals surface area (Å²) in [5, 5.41) is 2.91. The van der Waals surface area contributed by atoms with E-state index in [-0.39, 0.29) is 18.9 Å². The summed E-state index contributed by atoms with van der Waals surface area (Å²) in [5.74, 6) is -1.39. The molecule has 42 heavy (non-hydrogen) atoms. The van der Waals surface area contributed by atoms with Gasteiger partial charge in [-0.1, -0.05) is 48.0 Å². The van der Waals surface area contributed by atoms with Gasteiger partial charge >= 0.3 is 0 Å². The van der Waals surface area contributed by atoms with Gasteiger partial charge < -0.3 is 19.7 Å². The number of hydrogen-bond donors (Lipinski definition) is 1. The van der Waals surface area contributed by atoms with Crippen LogP contribution in [-0.2, 0) is 20.9 Å². The van der Waals surface area contributed by atoms with Crippen LogP contribution in [0.5, 0.6) is 11.5 Å². The molecule has 0 radical (unpaired) electrons. The number of carbonyl (C=O) groups is 4.